The van der Waals surface area contributed by atoms with E-state index >= 15 is 0 Å². The van der Waals surface area contributed by atoms with Crippen molar-refractivity contribution in [2.45, 2.75) is 19.6 Å². The lowest BCUT2D eigenvalue weighted by atomic mass is 9.93. The van der Waals surface area contributed by atoms with E-state index in [1.807, 2.05) is 24.3 Å². The highest BCUT2D eigenvalue weighted by atomic mass is 16.7. The highest BCUT2D eigenvalue weighted by Crippen LogP contribution is 2.29. The van der Waals surface area contributed by atoms with Crippen LogP contribution in [-0.2, 0) is 9.47 Å². The fourth-order valence-electron chi connectivity index (χ4n) is 2.05. The Morgan fingerprint density at radius 1 is 1.28 bits per heavy atom. The van der Waals surface area contributed by atoms with Crippen LogP contribution in [0.2, 0.25) is 0 Å². The maximum absolute atomic E-state index is 5.99. The molecule has 0 N–H and O–H groups in total. The zero-order chi connectivity index (χ0) is 13.0. The Labute approximate surface area is 109 Å². The summed E-state index contributed by atoms with van der Waals surface area (Å²) in [5, 5.41) is 0. The Balaban J connectivity index is 1.92. The van der Waals surface area contributed by atoms with Gasteiger partial charge in [-0.15, -0.1) is 0 Å². The van der Waals surface area contributed by atoms with Gasteiger partial charge >= 0.3 is 0 Å². The molecule has 3 heteroatoms. The molecular formula is C15H20O3. The second kappa shape index (κ2) is 6.21. The number of ether oxygens (including phenoxy) is 3. The van der Waals surface area contributed by atoms with Crippen molar-refractivity contribution in [3.05, 3.63) is 36.8 Å². The molecule has 0 aromatic heterocycles. The van der Waals surface area contributed by atoms with Gasteiger partial charge in [-0.2, -0.15) is 0 Å². The zero-order valence-electron chi connectivity index (χ0n) is 11.0. The molecule has 1 fully saturated rings. The predicted octanol–water partition coefficient (Wildman–Crippen LogP) is 3.09. The van der Waals surface area contributed by atoms with Crippen molar-refractivity contribution < 1.29 is 14.2 Å². The van der Waals surface area contributed by atoms with Crippen molar-refractivity contribution >= 4 is 0 Å². The molecule has 3 nitrogen and oxygen atoms in total. The predicted molar refractivity (Wildman–Crippen MR) is 69.2 cm³/mol. The molecule has 1 aromatic carbocycles. The summed E-state index contributed by atoms with van der Waals surface area (Å²) in [4.78, 5) is 0. The summed E-state index contributed by atoms with van der Waals surface area (Å²) in [5.74, 6) is 1.28. The van der Waals surface area contributed by atoms with Crippen molar-refractivity contribution in [1.29, 1.82) is 0 Å². The van der Waals surface area contributed by atoms with E-state index in [0.717, 1.165) is 17.7 Å². The van der Waals surface area contributed by atoms with E-state index in [9.17, 15) is 0 Å². The molecule has 1 atom stereocenters. The summed E-state index contributed by atoms with van der Waals surface area (Å²) in [6.45, 7) is 9.39. The Hall–Kier alpha value is -1.06. The first kappa shape index (κ1) is 13.4. The summed E-state index contributed by atoms with van der Waals surface area (Å²) in [5.41, 5.74) is 1.01. The summed E-state index contributed by atoms with van der Waals surface area (Å²) in [6.07, 6.45) is 0.668. The topological polar surface area (TPSA) is 27.7 Å². The van der Waals surface area contributed by atoms with E-state index in [1.54, 1.807) is 7.11 Å². The largest absolute Gasteiger partial charge is 0.497 e. The Morgan fingerprint density at radius 3 is 2.39 bits per heavy atom. The van der Waals surface area contributed by atoms with Crippen molar-refractivity contribution in [2.75, 3.05) is 20.3 Å². The normalized spacial score (nSPS) is 25.7. The third-order valence-corrected chi connectivity index (χ3v) is 3.39. The minimum absolute atomic E-state index is 0.154. The van der Waals surface area contributed by atoms with Crippen molar-refractivity contribution in [3.63, 3.8) is 0 Å². The fourth-order valence-corrected chi connectivity index (χ4v) is 2.05. The maximum Gasteiger partial charge on any atom is 0.183 e. The van der Waals surface area contributed by atoms with Gasteiger partial charge in [0.25, 0.3) is 0 Å². The first-order valence-electron chi connectivity index (χ1n) is 6.37. The number of methoxy groups -OCH3 is 1. The Morgan fingerprint density at radius 2 is 1.89 bits per heavy atom. The van der Waals surface area contributed by atoms with Gasteiger partial charge < -0.3 is 14.2 Å². The van der Waals surface area contributed by atoms with Gasteiger partial charge in [-0.05, 0) is 25.0 Å². The average Bonchev–Trinajstić information content (AvgIpc) is 2.47. The van der Waals surface area contributed by atoms with Crippen LogP contribution in [0.1, 0.15) is 25.2 Å². The van der Waals surface area contributed by atoms with Gasteiger partial charge in [0.15, 0.2) is 6.29 Å². The lowest BCUT2D eigenvalue weighted by molar-refractivity contribution is -0.210. The molecule has 1 saturated heterocycles. The first-order valence-corrected chi connectivity index (χ1v) is 6.37. The van der Waals surface area contributed by atoms with Crippen molar-refractivity contribution in [2.24, 2.45) is 11.8 Å². The van der Waals surface area contributed by atoms with Gasteiger partial charge in [-0.1, -0.05) is 25.5 Å². The second-order valence-electron chi connectivity index (χ2n) is 4.60. The number of rotatable bonds is 4. The molecular weight excluding hydrogens is 228 g/mol. The maximum atomic E-state index is 5.99. The van der Waals surface area contributed by atoms with Crippen LogP contribution in [0.15, 0.2) is 24.3 Å². The van der Waals surface area contributed by atoms with Crippen LogP contribution < -0.4 is 4.74 Å². The van der Waals surface area contributed by atoms with E-state index < -0.39 is 0 Å². The third-order valence-electron chi connectivity index (χ3n) is 3.39. The summed E-state index contributed by atoms with van der Waals surface area (Å²) in [7, 11) is 1.65. The summed E-state index contributed by atoms with van der Waals surface area (Å²) < 4.78 is 16.6. The van der Waals surface area contributed by atoms with E-state index in [-0.39, 0.29) is 12.2 Å². The quantitative estimate of drug-likeness (QED) is 0.819. The molecule has 0 saturated carbocycles. The third kappa shape index (κ3) is 3.03. The number of benzene rings is 1. The van der Waals surface area contributed by atoms with Gasteiger partial charge in [-0.3, -0.25) is 0 Å². The highest BCUT2D eigenvalue weighted by molar-refractivity contribution is 5.27. The highest BCUT2D eigenvalue weighted by Gasteiger charge is 2.26. The van der Waals surface area contributed by atoms with E-state index in [1.165, 1.54) is 0 Å². The first-order chi connectivity index (χ1) is 8.74. The number of hydrogen-bond acceptors (Lipinski definition) is 3. The molecule has 1 aliphatic rings. The van der Waals surface area contributed by atoms with Crippen LogP contribution in [0.5, 0.6) is 5.75 Å². The minimum atomic E-state index is -0.281. The van der Waals surface area contributed by atoms with Crippen LogP contribution in [0.3, 0.4) is 0 Å². The minimum Gasteiger partial charge on any atom is -0.497 e. The molecule has 0 spiro atoms. The molecule has 18 heavy (non-hydrogen) atoms. The van der Waals surface area contributed by atoms with Gasteiger partial charge in [0, 0.05) is 11.5 Å². The molecule has 1 unspecified atom stereocenters. The van der Waals surface area contributed by atoms with Gasteiger partial charge in [0.2, 0.25) is 0 Å². The molecule has 0 bridgehead atoms. The van der Waals surface area contributed by atoms with Crippen molar-refractivity contribution in [3.8, 4) is 5.75 Å². The van der Waals surface area contributed by atoms with Crippen molar-refractivity contribution in [1.82, 2.24) is 0 Å². The molecule has 0 amide bonds. The average molecular weight is 248 g/mol. The monoisotopic (exact) mass is 248 g/mol. The molecule has 2 rings (SSSR count). The molecule has 1 aromatic rings. The van der Waals surface area contributed by atoms with E-state index in [2.05, 4.69) is 6.92 Å². The van der Waals surface area contributed by atoms with Crippen LogP contribution >= 0.6 is 0 Å². The lowest BCUT2D eigenvalue weighted by Crippen LogP contribution is -2.31. The Bertz CT molecular complexity index is 353. The van der Waals surface area contributed by atoms with E-state index in [4.69, 9.17) is 21.1 Å². The van der Waals surface area contributed by atoms with Gasteiger partial charge in [0.1, 0.15) is 5.75 Å². The summed E-state index contributed by atoms with van der Waals surface area (Å²) in [6, 6.07) is 7.74. The van der Waals surface area contributed by atoms with Crippen LogP contribution in [-0.4, -0.2) is 20.3 Å². The van der Waals surface area contributed by atoms with Gasteiger partial charge in [-0.25, -0.2) is 0 Å². The number of hydrogen-bond donors (Lipinski definition) is 0. The fraction of sp³-hybridized carbons (Fsp3) is 0.533. The van der Waals surface area contributed by atoms with Crippen LogP contribution in [0.25, 0.3) is 0 Å². The van der Waals surface area contributed by atoms with E-state index in [0.29, 0.717) is 19.1 Å². The molecule has 1 aliphatic heterocycles. The molecule has 2 radical (unpaired) electrons. The zero-order valence-corrected chi connectivity index (χ0v) is 11.0. The molecule has 98 valence electrons. The smallest absolute Gasteiger partial charge is 0.183 e. The summed E-state index contributed by atoms with van der Waals surface area (Å²) >= 11 is 0. The SMILES string of the molecule is [CH]C(CC)C1COC(c2ccc(OC)cc2)OC1. The Kier molecular flexibility index (Phi) is 4.61. The van der Waals surface area contributed by atoms with Crippen LogP contribution in [0, 0.1) is 18.8 Å². The van der Waals surface area contributed by atoms with Gasteiger partial charge in [0.05, 0.1) is 20.3 Å². The molecule has 1 heterocycles. The molecule has 0 aliphatic carbocycles. The van der Waals surface area contributed by atoms with Crippen LogP contribution in [0.4, 0.5) is 0 Å². The lowest BCUT2D eigenvalue weighted by Gasteiger charge is -2.32. The second-order valence-corrected chi connectivity index (χ2v) is 4.60. The standard InChI is InChI=1S/C15H20O3/c1-4-11(2)13-9-17-15(18-10-13)12-5-7-14(16-3)8-6-12/h2,5-8,11,13,15H,4,9-10H2,1,3H3.